The number of hydrogen-bond donors (Lipinski definition) is 1. The van der Waals surface area contributed by atoms with Gasteiger partial charge in [0.05, 0.1) is 6.10 Å². The number of rotatable bonds is 3. The number of aromatic nitrogens is 2. The van der Waals surface area contributed by atoms with Crippen molar-refractivity contribution in [2.75, 3.05) is 0 Å². The molecule has 78 valence electrons. The van der Waals surface area contributed by atoms with Gasteiger partial charge in [-0.15, -0.1) is 10.2 Å². The molecule has 1 aromatic heterocycles. The van der Waals surface area contributed by atoms with E-state index in [1.54, 1.807) is 23.1 Å². The molecule has 0 amide bonds. The monoisotopic (exact) mass is 230 g/mol. The number of hydrogen-bond acceptors (Lipinski definition) is 5. The summed E-state index contributed by atoms with van der Waals surface area (Å²) in [5, 5.41) is 19.2. The lowest BCUT2D eigenvalue weighted by atomic mass is 10.3. The van der Waals surface area contributed by atoms with Gasteiger partial charge in [-0.25, -0.2) is 0 Å². The van der Waals surface area contributed by atoms with E-state index < -0.39 is 0 Å². The molecule has 3 nitrogen and oxygen atoms in total. The van der Waals surface area contributed by atoms with E-state index >= 15 is 0 Å². The van der Waals surface area contributed by atoms with E-state index in [9.17, 15) is 5.11 Å². The van der Waals surface area contributed by atoms with Crippen molar-refractivity contribution in [1.82, 2.24) is 10.2 Å². The van der Waals surface area contributed by atoms with Crippen LogP contribution in [0.25, 0.3) is 0 Å². The molecule has 1 N–H and O–H groups in total. The van der Waals surface area contributed by atoms with Gasteiger partial charge in [-0.3, -0.25) is 0 Å². The van der Waals surface area contributed by atoms with Gasteiger partial charge in [0.25, 0.3) is 0 Å². The minimum absolute atomic E-state index is 0.144. The lowest BCUT2D eigenvalue weighted by Crippen LogP contribution is -2.14. The van der Waals surface area contributed by atoms with E-state index in [1.807, 2.05) is 0 Å². The summed E-state index contributed by atoms with van der Waals surface area (Å²) >= 11 is 3.34. The molecule has 1 aliphatic rings. The van der Waals surface area contributed by atoms with Gasteiger partial charge in [-0.05, 0) is 25.7 Å². The SMILES string of the molecule is CCc1nnc(SC2CCCC2O)s1. The van der Waals surface area contributed by atoms with Crippen molar-refractivity contribution in [2.24, 2.45) is 0 Å². The first-order chi connectivity index (χ1) is 6.79. The summed E-state index contributed by atoms with van der Waals surface area (Å²) in [6.07, 6.45) is 3.99. The summed E-state index contributed by atoms with van der Waals surface area (Å²) in [7, 11) is 0. The smallest absolute Gasteiger partial charge is 0.174 e. The molecular weight excluding hydrogens is 216 g/mol. The van der Waals surface area contributed by atoms with Crippen LogP contribution in [-0.4, -0.2) is 26.7 Å². The molecule has 2 rings (SSSR count). The van der Waals surface area contributed by atoms with Crippen molar-refractivity contribution in [2.45, 2.75) is 48.3 Å². The first-order valence-electron chi connectivity index (χ1n) is 4.96. The molecular formula is C9H14N2OS2. The fourth-order valence-electron chi connectivity index (χ4n) is 1.60. The first kappa shape index (κ1) is 10.4. The van der Waals surface area contributed by atoms with Crippen LogP contribution in [0.2, 0.25) is 0 Å². The summed E-state index contributed by atoms with van der Waals surface area (Å²) in [6.45, 7) is 2.08. The average molecular weight is 230 g/mol. The van der Waals surface area contributed by atoms with Gasteiger partial charge < -0.3 is 5.11 Å². The molecule has 1 aliphatic carbocycles. The zero-order chi connectivity index (χ0) is 9.97. The van der Waals surface area contributed by atoms with Crippen LogP contribution >= 0.6 is 23.1 Å². The number of aliphatic hydroxyl groups is 1. The van der Waals surface area contributed by atoms with Crippen LogP contribution in [0.3, 0.4) is 0 Å². The topological polar surface area (TPSA) is 46.0 Å². The van der Waals surface area contributed by atoms with Gasteiger partial charge >= 0.3 is 0 Å². The van der Waals surface area contributed by atoms with Crippen LogP contribution in [-0.2, 0) is 6.42 Å². The highest BCUT2D eigenvalue weighted by Crippen LogP contribution is 2.36. The van der Waals surface area contributed by atoms with Crippen molar-refractivity contribution in [3.05, 3.63) is 5.01 Å². The van der Waals surface area contributed by atoms with Crippen LogP contribution in [0.5, 0.6) is 0 Å². The summed E-state index contributed by atoms with van der Waals surface area (Å²) < 4.78 is 1.01. The molecule has 0 aliphatic heterocycles. The highest BCUT2D eigenvalue weighted by atomic mass is 32.2. The molecule has 1 saturated carbocycles. The minimum atomic E-state index is -0.144. The van der Waals surface area contributed by atoms with Crippen LogP contribution in [0.15, 0.2) is 4.34 Å². The lowest BCUT2D eigenvalue weighted by molar-refractivity contribution is 0.188. The normalized spacial score (nSPS) is 27.0. The molecule has 1 fully saturated rings. The standard InChI is InChI=1S/C9H14N2OS2/c1-2-8-10-11-9(14-8)13-7-5-3-4-6(7)12/h6-7,12H,2-5H2,1H3. The van der Waals surface area contributed by atoms with Crippen molar-refractivity contribution < 1.29 is 5.11 Å². The minimum Gasteiger partial charge on any atom is -0.392 e. The molecule has 1 aromatic rings. The predicted molar refractivity (Wildman–Crippen MR) is 58.8 cm³/mol. The molecule has 0 aromatic carbocycles. The van der Waals surface area contributed by atoms with E-state index in [1.165, 1.54) is 0 Å². The second-order valence-electron chi connectivity index (χ2n) is 3.47. The molecule has 2 atom stereocenters. The van der Waals surface area contributed by atoms with Gasteiger partial charge in [-0.2, -0.15) is 0 Å². The number of thioether (sulfide) groups is 1. The van der Waals surface area contributed by atoms with E-state index in [4.69, 9.17) is 0 Å². The number of aliphatic hydroxyl groups excluding tert-OH is 1. The van der Waals surface area contributed by atoms with Crippen LogP contribution in [0.4, 0.5) is 0 Å². The zero-order valence-electron chi connectivity index (χ0n) is 8.14. The summed E-state index contributed by atoms with van der Waals surface area (Å²) in [5.41, 5.74) is 0. The molecule has 0 saturated heterocycles. The van der Waals surface area contributed by atoms with Gasteiger partial charge in [0, 0.05) is 5.25 Å². The maximum atomic E-state index is 9.65. The summed E-state index contributed by atoms with van der Waals surface area (Å²) in [6, 6.07) is 0. The maximum Gasteiger partial charge on any atom is 0.174 e. The Morgan fingerprint density at radius 1 is 1.50 bits per heavy atom. The Labute approximate surface area is 91.9 Å². The number of aryl methyl sites for hydroxylation is 1. The predicted octanol–water partition coefficient (Wildman–Crippen LogP) is 2.11. The second kappa shape index (κ2) is 4.59. The van der Waals surface area contributed by atoms with Crippen molar-refractivity contribution in [1.29, 1.82) is 0 Å². The lowest BCUT2D eigenvalue weighted by Gasteiger charge is -2.10. The Bertz CT molecular complexity index is 303. The molecule has 1 heterocycles. The van der Waals surface area contributed by atoms with Crippen LogP contribution < -0.4 is 0 Å². The first-order valence-corrected chi connectivity index (χ1v) is 6.66. The Balaban J connectivity index is 1.96. The van der Waals surface area contributed by atoms with Crippen molar-refractivity contribution >= 4 is 23.1 Å². The summed E-state index contributed by atoms with van der Waals surface area (Å²) in [4.78, 5) is 0. The zero-order valence-corrected chi connectivity index (χ0v) is 9.77. The molecule has 14 heavy (non-hydrogen) atoms. The second-order valence-corrected chi connectivity index (χ2v) is 6.02. The van der Waals surface area contributed by atoms with Gasteiger partial charge in [-0.1, -0.05) is 30.0 Å². The van der Waals surface area contributed by atoms with E-state index in [0.717, 1.165) is 35.0 Å². The third-order valence-electron chi connectivity index (χ3n) is 2.42. The Hall–Kier alpha value is -0.130. The van der Waals surface area contributed by atoms with E-state index in [-0.39, 0.29) is 6.10 Å². The third-order valence-corrected chi connectivity index (χ3v) is 4.96. The van der Waals surface area contributed by atoms with Gasteiger partial charge in [0.2, 0.25) is 0 Å². The number of nitrogens with zero attached hydrogens (tertiary/aromatic N) is 2. The van der Waals surface area contributed by atoms with Gasteiger partial charge in [0.15, 0.2) is 4.34 Å². The highest BCUT2D eigenvalue weighted by Gasteiger charge is 2.27. The van der Waals surface area contributed by atoms with Crippen LogP contribution in [0, 0.1) is 0 Å². The molecule has 0 radical (unpaired) electrons. The molecule has 0 bridgehead atoms. The average Bonchev–Trinajstić information content (AvgIpc) is 2.77. The highest BCUT2D eigenvalue weighted by molar-refractivity contribution is 8.01. The van der Waals surface area contributed by atoms with Crippen molar-refractivity contribution in [3.63, 3.8) is 0 Å². The molecule has 2 unspecified atom stereocenters. The van der Waals surface area contributed by atoms with Crippen LogP contribution in [0.1, 0.15) is 31.2 Å². The Morgan fingerprint density at radius 2 is 2.36 bits per heavy atom. The largest absolute Gasteiger partial charge is 0.392 e. The third kappa shape index (κ3) is 2.27. The van der Waals surface area contributed by atoms with E-state index in [0.29, 0.717) is 5.25 Å². The summed E-state index contributed by atoms with van der Waals surface area (Å²) in [5.74, 6) is 0. The quantitative estimate of drug-likeness (QED) is 0.864. The molecule has 5 heteroatoms. The van der Waals surface area contributed by atoms with Crippen molar-refractivity contribution in [3.8, 4) is 0 Å². The maximum absolute atomic E-state index is 9.65. The fourth-order valence-corrected chi connectivity index (χ4v) is 3.89. The fraction of sp³-hybridized carbons (Fsp3) is 0.778. The molecule has 0 spiro atoms. The Kier molecular flexibility index (Phi) is 3.41. The van der Waals surface area contributed by atoms with Gasteiger partial charge in [0.1, 0.15) is 5.01 Å². The van der Waals surface area contributed by atoms with E-state index in [2.05, 4.69) is 17.1 Å². The Morgan fingerprint density at radius 3 is 2.93 bits per heavy atom.